The molecule has 7 heteroatoms. The molecular formula is C22H37IN4OS. The van der Waals surface area contributed by atoms with E-state index in [0.717, 1.165) is 50.5 Å². The lowest BCUT2D eigenvalue weighted by molar-refractivity contribution is 0.331. The minimum absolute atomic E-state index is 0. The van der Waals surface area contributed by atoms with Crippen molar-refractivity contribution in [1.29, 1.82) is 0 Å². The summed E-state index contributed by atoms with van der Waals surface area (Å²) < 4.78 is 12.1. The van der Waals surface area contributed by atoms with E-state index in [9.17, 15) is 4.21 Å². The minimum Gasteiger partial charge on any atom is -0.354 e. The van der Waals surface area contributed by atoms with Gasteiger partial charge < -0.3 is 10.6 Å². The third-order valence-electron chi connectivity index (χ3n) is 5.93. The number of hydrogen-bond donors (Lipinski definition) is 2. The first kappa shape index (κ1) is 24.6. The number of halogens is 1. The molecule has 0 amide bonds. The van der Waals surface area contributed by atoms with Crippen molar-refractivity contribution in [3.63, 3.8) is 0 Å². The Morgan fingerprint density at radius 1 is 1.14 bits per heavy atom. The van der Waals surface area contributed by atoms with Crippen molar-refractivity contribution in [3.05, 3.63) is 35.4 Å². The molecule has 0 spiro atoms. The second-order valence-electron chi connectivity index (χ2n) is 8.02. The molecule has 2 fully saturated rings. The highest BCUT2D eigenvalue weighted by Crippen LogP contribution is 2.23. The summed E-state index contributed by atoms with van der Waals surface area (Å²) in [6, 6.07) is 9.29. The Balaban J connectivity index is 0.00000300. The highest BCUT2D eigenvalue weighted by molar-refractivity contribution is 14.0. The van der Waals surface area contributed by atoms with Crippen LogP contribution < -0.4 is 10.6 Å². The quantitative estimate of drug-likeness (QED) is 0.320. The van der Waals surface area contributed by atoms with E-state index in [1.807, 2.05) is 14.0 Å². The van der Waals surface area contributed by atoms with E-state index in [1.54, 1.807) is 0 Å². The van der Waals surface area contributed by atoms with Crippen LogP contribution in [0.25, 0.3) is 0 Å². The van der Waals surface area contributed by atoms with Gasteiger partial charge in [0.15, 0.2) is 5.96 Å². The predicted molar refractivity (Wildman–Crippen MR) is 134 cm³/mol. The molecule has 1 saturated carbocycles. The molecule has 29 heavy (non-hydrogen) atoms. The molecule has 3 atom stereocenters. The van der Waals surface area contributed by atoms with Crippen molar-refractivity contribution in [2.45, 2.75) is 69.8 Å². The highest BCUT2D eigenvalue weighted by atomic mass is 127. The summed E-state index contributed by atoms with van der Waals surface area (Å²) in [6.45, 7) is 6.32. The average molecular weight is 533 g/mol. The predicted octanol–water partition coefficient (Wildman–Crippen LogP) is 3.65. The van der Waals surface area contributed by atoms with Crippen LogP contribution in [0.3, 0.4) is 0 Å². The number of aliphatic imine (C=N–C) groups is 1. The third-order valence-corrected chi connectivity index (χ3v) is 7.68. The zero-order chi connectivity index (χ0) is 19.8. The van der Waals surface area contributed by atoms with Crippen molar-refractivity contribution in [3.8, 4) is 0 Å². The summed E-state index contributed by atoms with van der Waals surface area (Å²) >= 11 is 0. The van der Waals surface area contributed by atoms with Crippen LogP contribution in [0.5, 0.6) is 0 Å². The van der Waals surface area contributed by atoms with Gasteiger partial charge in [0, 0.05) is 48.0 Å². The van der Waals surface area contributed by atoms with Gasteiger partial charge in [0.25, 0.3) is 0 Å². The maximum Gasteiger partial charge on any atom is 0.191 e. The van der Waals surface area contributed by atoms with Crippen molar-refractivity contribution in [2.24, 2.45) is 4.99 Å². The molecule has 0 radical (unpaired) electrons. The molecule has 2 N–H and O–H groups in total. The van der Waals surface area contributed by atoms with Crippen LogP contribution in [0.1, 0.15) is 56.6 Å². The third kappa shape index (κ3) is 7.83. The van der Waals surface area contributed by atoms with E-state index in [0.29, 0.717) is 11.3 Å². The van der Waals surface area contributed by atoms with Gasteiger partial charge in [-0.3, -0.25) is 14.1 Å². The van der Waals surface area contributed by atoms with Gasteiger partial charge >= 0.3 is 0 Å². The van der Waals surface area contributed by atoms with Gasteiger partial charge in [-0.1, -0.05) is 37.6 Å². The Hall–Kier alpha value is -0.670. The fraction of sp³-hybridized carbons (Fsp3) is 0.682. The Labute approximate surface area is 196 Å². The van der Waals surface area contributed by atoms with Gasteiger partial charge in [0.2, 0.25) is 0 Å². The van der Waals surface area contributed by atoms with Gasteiger partial charge in [-0.05, 0) is 56.3 Å². The van der Waals surface area contributed by atoms with Crippen LogP contribution in [0.2, 0.25) is 0 Å². The van der Waals surface area contributed by atoms with E-state index in [2.05, 4.69) is 44.8 Å². The van der Waals surface area contributed by atoms with Crippen LogP contribution in [-0.2, 0) is 23.9 Å². The monoisotopic (exact) mass is 532 g/mol. The number of nitrogens with one attached hydrogen (secondary N) is 2. The number of nitrogens with zero attached hydrogens (tertiary/aromatic N) is 2. The minimum atomic E-state index is -0.693. The zero-order valence-corrected chi connectivity index (χ0v) is 21.0. The smallest absolute Gasteiger partial charge is 0.191 e. The SMILES string of the molecule is CCS(=O)C1CCCC(NC(=NC)NCc2ccc(CN3CCCC3)cc2)C1.I. The molecule has 3 unspecified atom stereocenters. The molecule has 2 aliphatic rings. The molecule has 0 bridgehead atoms. The first-order chi connectivity index (χ1) is 13.7. The molecule has 0 aromatic heterocycles. The molecule has 1 aromatic rings. The maximum atomic E-state index is 12.1. The fourth-order valence-electron chi connectivity index (χ4n) is 4.29. The molecule has 1 aliphatic heterocycles. The first-order valence-corrected chi connectivity index (χ1v) is 12.2. The highest BCUT2D eigenvalue weighted by Gasteiger charge is 2.26. The van der Waals surface area contributed by atoms with Crippen molar-refractivity contribution in [2.75, 3.05) is 25.9 Å². The zero-order valence-electron chi connectivity index (χ0n) is 17.9. The summed E-state index contributed by atoms with van der Waals surface area (Å²) in [5.41, 5.74) is 2.66. The lowest BCUT2D eigenvalue weighted by Gasteiger charge is -2.30. The summed E-state index contributed by atoms with van der Waals surface area (Å²) in [5.74, 6) is 1.60. The summed E-state index contributed by atoms with van der Waals surface area (Å²) in [7, 11) is 1.13. The fourth-order valence-corrected chi connectivity index (χ4v) is 5.63. The Morgan fingerprint density at radius 2 is 1.83 bits per heavy atom. The van der Waals surface area contributed by atoms with Gasteiger partial charge in [-0.25, -0.2) is 0 Å². The molecule has 5 nitrogen and oxygen atoms in total. The Bertz CT molecular complexity index is 661. The average Bonchev–Trinajstić information content (AvgIpc) is 3.24. The summed E-state index contributed by atoms with van der Waals surface area (Å²) in [5, 5.41) is 7.31. The second-order valence-corrected chi connectivity index (χ2v) is 10.0. The van der Waals surface area contributed by atoms with Gasteiger partial charge in [-0.15, -0.1) is 24.0 Å². The van der Waals surface area contributed by atoms with Crippen molar-refractivity contribution < 1.29 is 4.21 Å². The van der Waals surface area contributed by atoms with Crippen LogP contribution in [0, 0.1) is 0 Å². The van der Waals surface area contributed by atoms with Crippen molar-refractivity contribution >= 4 is 40.7 Å². The van der Waals surface area contributed by atoms with Crippen LogP contribution in [-0.4, -0.2) is 52.3 Å². The summed E-state index contributed by atoms with van der Waals surface area (Å²) in [6.07, 6.45) is 7.02. The van der Waals surface area contributed by atoms with Crippen LogP contribution in [0.4, 0.5) is 0 Å². The maximum absolute atomic E-state index is 12.1. The van der Waals surface area contributed by atoms with Gasteiger partial charge in [0.1, 0.15) is 0 Å². The number of rotatable bonds is 7. The Kier molecular flexibility index (Phi) is 10.9. The van der Waals surface area contributed by atoms with E-state index < -0.39 is 10.8 Å². The topological polar surface area (TPSA) is 56.7 Å². The first-order valence-electron chi connectivity index (χ1n) is 10.8. The number of hydrogen-bond acceptors (Lipinski definition) is 3. The lowest BCUT2D eigenvalue weighted by atomic mass is 9.95. The van der Waals surface area contributed by atoms with E-state index in [4.69, 9.17) is 0 Å². The molecule has 164 valence electrons. The van der Waals surface area contributed by atoms with Crippen LogP contribution in [0.15, 0.2) is 29.3 Å². The molecule has 1 aromatic carbocycles. The standard InChI is InChI=1S/C22H36N4OS.HI/c1-3-28(27)21-8-6-7-20(15-21)25-22(23-2)24-16-18-9-11-19(12-10-18)17-26-13-4-5-14-26;/h9-12,20-21H,3-8,13-17H2,1-2H3,(H2,23,24,25);1H. The molecule has 1 heterocycles. The molecular weight excluding hydrogens is 495 g/mol. The second kappa shape index (κ2) is 12.9. The van der Waals surface area contributed by atoms with E-state index >= 15 is 0 Å². The number of guanidine groups is 1. The molecule has 1 saturated heterocycles. The molecule has 1 aliphatic carbocycles. The lowest BCUT2D eigenvalue weighted by Crippen LogP contribution is -2.46. The molecule has 3 rings (SSSR count). The summed E-state index contributed by atoms with van der Waals surface area (Å²) in [4.78, 5) is 6.91. The van der Waals surface area contributed by atoms with Crippen molar-refractivity contribution in [1.82, 2.24) is 15.5 Å². The Morgan fingerprint density at radius 3 is 2.48 bits per heavy atom. The van der Waals surface area contributed by atoms with Crippen LogP contribution >= 0.6 is 24.0 Å². The van der Waals surface area contributed by atoms with Gasteiger partial charge in [-0.2, -0.15) is 0 Å². The largest absolute Gasteiger partial charge is 0.354 e. The number of benzene rings is 1. The van der Waals surface area contributed by atoms with Gasteiger partial charge in [0.05, 0.1) is 0 Å². The van der Waals surface area contributed by atoms with E-state index in [1.165, 1.54) is 37.1 Å². The van der Waals surface area contributed by atoms with E-state index in [-0.39, 0.29) is 24.0 Å². The number of likely N-dealkylation sites (tertiary alicyclic amines) is 1. The normalized spacial score (nSPS) is 24.0.